The molecule has 1 rings (SSSR count). The van der Waals surface area contributed by atoms with Crippen LogP contribution < -0.4 is 4.65 Å². The van der Waals surface area contributed by atoms with E-state index in [0.717, 1.165) is 0 Å². The van der Waals surface area contributed by atoms with E-state index in [1.54, 1.807) is 0 Å². The normalized spacial score (nSPS) is 9.58. The van der Waals surface area contributed by atoms with Crippen LogP contribution in [-0.4, -0.2) is 23.2 Å². The monoisotopic (exact) mass is 186 g/mol. The second kappa shape index (κ2) is 3.71. The summed E-state index contributed by atoms with van der Waals surface area (Å²) in [6, 6.07) is 1.46. The number of thiophene rings is 1. The third kappa shape index (κ3) is 2.33. The van der Waals surface area contributed by atoms with E-state index >= 15 is 0 Å². The van der Waals surface area contributed by atoms with Gasteiger partial charge in [-0.2, -0.15) is 0 Å². The minimum absolute atomic E-state index is 0.0673. The Balaban J connectivity index is 2.71. The fourth-order valence-corrected chi connectivity index (χ4v) is 1.40. The molecule has 12 heavy (non-hydrogen) atoms. The van der Waals surface area contributed by atoms with E-state index in [2.05, 4.69) is 4.65 Å². The number of hydrogen-bond acceptors (Lipinski definition) is 5. The number of carbonyl (C=O) groups is 1. The number of rotatable bonds is 3. The number of ketones is 1. The lowest BCUT2D eigenvalue weighted by Gasteiger charge is -1.98. The zero-order valence-electron chi connectivity index (χ0n) is 6.35. The average Bonchev–Trinajstić information content (AvgIpc) is 2.34. The first kappa shape index (κ1) is 9.24. The molecule has 1 aromatic heterocycles. The molecule has 0 aliphatic carbocycles. The maximum atomic E-state index is 10.8. The standard InChI is InChI=1S/C6H7BO4S/c1-4(8)6-2-5(3-12-6)11-7(9)10/h2-3,9-10H,1H3. The molecule has 1 heterocycles. The quantitative estimate of drug-likeness (QED) is 0.526. The lowest BCUT2D eigenvalue weighted by Crippen LogP contribution is -2.20. The molecular weight excluding hydrogens is 179 g/mol. The third-order valence-electron chi connectivity index (χ3n) is 1.16. The van der Waals surface area contributed by atoms with Crippen LogP contribution >= 0.6 is 11.3 Å². The van der Waals surface area contributed by atoms with Gasteiger partial charge in [-0.1, -0.05) is 0 Å². The Hall–Kier alpha value is -0.845. The lowest BCUT2D eigenvalue weighted by molar-refractivity contribution is 0.102. The van der Waals surface area contributed by atoms with Crippen molar-refractivity contribution >= 4 is 24.4 Å². The molecule has 0 amide bonds. The molecule has 1 aromatic rings. The molecule has 0 radical (unpaired) electrons. The van der Waals surface area contributed by atoms with Gasteiger partial charge in [-0.25, -0.2) is 0 Å². The average molecular weight is 186 g/mol. The van der Waals surface area contributed by atoms with E-state index in [-0.39, 0.29) is 5.78 Å². The summed E-state index contributed by atoms with van der Waals surface area (Å²) in [4.78, 5) is 11.3. The molecule has 0 aliphatic heterocycles. The largest absolute Gasteiger partial charge is 0.707 e. The highest BCUT2D eigenvalue weighted by Gasteiger charge is 2.13. The minimum atomic E-state index is -1.83. The summed E-state index contributed by atoms with van der Waals surface area (Å²) in [7, 11) is -1.83. The number of Topliss-reactive ketones (excluding diaryl/α,β-unsaturated/α-hetero) is 1. The summed E-state index contributed by atoms with van der Waals surface area (Å²) in [5, 5.41) is 18.4. The molecule has 0 bridgehead atoms. The minimum Gasteiger partial charge on any atom is -0.511 e. The SMILES string of the molecule is CC(=O)c1cc(OB(O)O)cs1. The lowest BCUT2D eigenvalue weighted by atomic mass is 10.2. The van der Waals surface area contributed by atoms with Crippen molar-refractivity contribution in [1.82, 2.24) is 0 Å². The molecule has 0 saturated carbocycles. The van der Waals surface area contributed by atoms with Crippen molar-refractivity contribution in [3.05, 3.63) is 16.3 Å². The topological polar surface area (TPSA) is 66.8 Å². The molecule has 0 fully saturated rings. The van der Waals surface area contributed by atoms with Gasteiger partial charge in [0.25, 0.3) is 0 Å². The molecule has 0 aromatic carbocycles. The van der Waals surface area contributed by atoms with Crippen molar-refractivity contribution in [1.29, 1.82) is 0 Å². The van der Waals surface area contributed by atoms with Crippen LogP contribution in [0.2, 0.25) is 0 Å². The van der Waals surface area contributed by atoms with Gasteiger partial charge >= 0.3 is 7.32 Å². The highest BCUT2D eigenvalue weighted by atomic mass is 32.1. The van der Waals surface area contributed by atoms with Crippen molar-refractivity contribution in [2.45, 2.75) is 6.92 Å². The zero-order chi connectivity index (χ0) is 9.14. The summed E-state index contributed by atoms with van der Waals surface area (Å²) >= 11 is 1.20. The van der Waals surface area contributed by atoms with Gasteiger partial charge in [-0.15, -0.1) is 11.3 Å². The summed E-state index contributed by atoms with van der Waals surface area (Å²) in [6.45, 7) is 1.44. The Labute approximate surface area is 73.6 Å². The van der Waals surface area contributed by atoms with Crippen molar-refractivity contribution < 1.29 is 19.5 Å². The van der Waals surface area contributed by atoms with Crippen LogP contribution in [0.15, 0.2) is 11.4 Å². The van der Waals surface area contributed by atoms with Gasteiger partial charge in [-0.05, 0) is 6.92 Å². The van der Waals surface area contributed by atoms with Crippen LogP contribution in [0.25, 0.3) is 0 Å². The molecule has 64 valence electrons. The van der Waals surface area contributed by atoms with Crippen LogP contribution in [0.3, 0.4) is 0 Å². The van der Waals surface area contributed by atoms with Crippen molar-refractivity contribution in [3.63, 3.8) is 0 Å². The Morgan fingerprint density at radius 3 is 2.75 bits per heavy atom. The Kier molecular flexibility index (Phi) is 2.85. The van der Waals surface area contributed by atoms with Gasteiger partial charge in [0.15, 0.2) is 5.78 Å². The molecule has 0 atom stereocenters. The maximum absolute atomic E-state index is 10.8. The first-order valence-corrected chi connectivity index (χ1v) is 4.10. The van der Waals surface area contributed by atoms with Crippen LogP contribution in [0, 0.1) is 0 Å². The predicted molar refractivity (Wildman–Crippen MR) is 45.1 cm³/mol. The van der Waals surface area contributed by atoms with Crippen molar-refractivity contribution in [2.75, 3.05) is 0 Å². The van der Waals surface area contributed by atoms with Gasteiger partial charge in [0.05, 0.1) is 4.88 Å². The van der Waals surface area contributed by atoms with Crippen LogP contribution in [0.5, 0.6) is 5.75 Å². The highest BCUT2D eigenvalue weighted by Crippen LogP contribution is 2.21. The molecular formula is C6H7BO4S. The number of hydrogen-bond donors (Lipinski definition) is 2. The van der Waals surface area contributed by atoms with Gasteiger partial charge in [0, 0.05) is 11.4 Å². The molecule has 4 nitrogen and oxygen atoms in total. The Morgan fingerprint density at radius 1 is 1.67 bits per heavy atom. The van der Waals surface area contributed by atoms with Gasteiger partial charge in [-0.3, -0.25) is 4.79 Å². The van der Waals surface area contributed by atoms with Crippen LogP contribution in [0.4, 0.5) is 0 Å². The fourth-order valence-electron chi connectivity index (χ4n) is 0.687. The molecule has 0 unspecified atom stereocenters. The smallest absolute Gasteiger partial charge is 0.511 e. The highest BCUT2D eigenvalue weighted by molar-refractivity contribution is 7.12. The molecule has 2 N–H and O–H groups in total. The van der Waals surface area contributed by atoms with Gasteiger partial charge in [0.2, 0.25) is 0 Å². The first-order valence-electron chi connectivity index (χ1n) is 3.22. The Morgan fingerprint density at radius 2 is 2.33 bits per heavy atom. The zero-order valence-corrected chi connectivity index (χ0v) is 7.17. The summed E-state index contributed by atoms with van der Waals surface area (Å²) in [6.07, 6.45) is 0. The molecule has 0 aliphatic rings. The van der Waals surface area contributed by atoms with E-state index in [1.807, 2.05) is 0 Å². The predicted octanol–water partition coefficient (Wildman–Crippen LogP) is 0.299. The third-order valence-corrected chi connectivity index (χ3v) is 2.17. The van der Waals surface area contributed by atoms with E-state index in [9.17, 15) is 4.79 Å². The molecule has 6 heteroatoms. The summed E-state index contributed by atoms with van der Waals surface area (Å²) in [5.74, 6) is 0.225. The second-order valence-corrected chi connectivity index (χ2v) is 3.06. The van der Waals surface area contributed by atoms with E-state index in [0.29, 0.717) is 10.6 Å². The van der Waals surface area contributed by atoms with Crippen molar-refractivity contribution in [2.24, 2.45) is 0 Å². The van der Waals surface area contributed by atoms with E-state index in [4.69, 9.17) is 10.0 Å². The molecule has 0 saturated heterocycles. The maximum Gasteiger partial charge on any atom is 0.707 e. The van der Waals surface area contributed by atoms with Crippen LogP contribution in [-0.2, 0) is 0 Å². The van der Waals surface area contributed by atoms with Crippen molar-refractivity contribution in [3.8, 4) is 5.75 Å². The second-order valence-electron chi connectivity index (χ2n) is 2.15. The summed E-state index contributed by atoms with van der Waals surface area (Å²) in [5.41, 5.74) is 0. The van der Waals surface area contributed by atoms with Gasteiger partial charge < -0.3 is 14.7 Å². The Bertz CT molecular complexity index is 283. The fraction of sp³-hybridized carbons (Fsp3) is 0.167. The van der Waals surface area contributed by atoms with Gasteiger partial charge in [0.1, 0.15) is 5.75 Å². The first-order chi connectivity index (χ1) is 5.59. The van der Waals surface area contributed by atoms with Crippen LogP contribution in [0.1, 0.15) is 16.6 Å². The molecule has 0 spiro atoms. The van der Waals surface area contributed by atoms with E-state index in [1.165, 1.54) is 29.7 Å². The summed E-state index contributed by atoms with van der Waals surface area (Å²) < 4.78 is 4.51. The van der Waals surface area contributed by atoms with E-state index < -0.39 is 7.32 Å². The number of carbonyl (C=O) groups excluding carboxylic acids is 1.